The van der Waals surface area contributed by atoms with Crippen LogP contribution in [-0.4, -0.2) is 70.5 Å². The summed E-state index contributed by atoms with van der Waals surface area (Å²) in [4.78, 5) is 87.2. The molecule has 0 bridgehead atoms. The summed E-state index contributed by atoms with van der Waals surface area (Å²) in [6.45, 7) is 9.49. The van der Waals surface area contributed by atoms with Crippen molar-refractivity contribution in [2.45, 2.75) is 92.0 Å². The van der Waals surface area contributed by atoms with E-state index in [9.17, 15) is 33.6 Å². The molecule has 5 N–H and O–H groups in total. The molecule has 14 nitrogen and oxygen atoms in total. The van der Waals surface area contributed by atoms with Crippen molar-refractivity contribution in [1.82, 2.24) is 20.1 Å². The van der Waals surface area contributed by atoms with Crippen LogP contribution >= 0.6 is 0 Å². The minimum atomic E-state index is -0.844. The lowest BCUT2D eigenvalue weighted by atomic mass is 10.0. The first-order valence-electron chi connectivity index (χ1n) is 17.9. The van der Waals surface area contributed by atoms with Crippen LogP contribution in [0.2, 0.25) is 0 Å². The highest BCUT2D eigenvalue weighted by atomic mass is 16.2. The number of carbonyl (C=O) groups is 7. The number of carbonyl (C=O) groups excluding carboxylic acids is 7. The number of rotatable bonds is 22. The number of nitrogens with zero attached hydrogens (tertiary/aromatic N) is 2. The zero-order valence-corrected chi connectivity index (χ0v) is 31.3. The van der Waals surface area contributed by atoms with E-state index in [1.807, 2.05) is 0 Å². The molecule has 0 aliphatic rings. The number of allylic oxidation sites excluding steroid dienone is 1. The molecule has 1 heterocycles. The van der Waals surface area contributed by atoms with E-state index in [4.69, 9.17) is 0 Å². The highest BCUT2D eigenvalue weighted by Gasteiger charge is 2.24. The lowest BCUT2D eigenvalue weighted by Crippen LogP contribution is -2.51. The van der Waals surface area contributed by atoms with Crippen molar-refractivity contribution in [2.75, 3.05) is 29.0 Å². The minimum Gasteiger partial charge on any atom is -0.345 e. The maximum atomic E-state index is 12.9. The predicted octanol–water partition coefficient (Wildman–Crippen LogP) is 4.75. The number of hydrogen-bond acceptors (Lipinski definition) is 7. The molecule has 2 rings (SSSR count). The number of unbranched alkanes of at least 4 members (excludes halogenated alkanes) is 2. The summed E-state index contributed by atoms with van der Waals surface area (Å²) in [5.41, 5.74) is 1.84. The molecule has 0 saturated heterocycles. The monoisotopic (exact) mass is 721 g/mol. The van der Waals surface area contributed by atoms with Gasteiger partial charge in [-0.15, -0.1) is 0 Å². The second kappa shape index (κ2) is 22.5. The molecule has 0 fully saturated rings. The predicted molar refractivity (Wildman–Crippen MR) is 201 cm³/mol. The van der Waals surface area contributed by atoms with Gasteiger partial charge in [0.15, 0.2) is 0 Å². The minimum absolute atomic E-state index is 0.0926. The third-order valence-corrected chi connectivity index (χ3v) is 8.46. The van der Waals surface area contributed by atoms with Crippen molar-refractivity contribution < 1.29 is 33.6 Å². The average molecular weight is 722 g/mol. The van der Waals surface area contributed by atoms with Gasteiger partial charge in [-0.3, -0.25) is 38.5 Å². The number of imide groups is 1. The van der Waals surface area contributed by atoms with E-state index in [0.717, 1.165) is 24.2 Å². The average Bonchev–Trinajstić information content (AvgIpc) is 3.47. The normalized spacial score (nSPS) is 12.1. The van der Waals surface area contributed by atoms with E-state index in [1.54, 1.807) is 75.0 Å². The van der Waals surface area contributed by atoms with Crippen LogP contribution in [0.4, 0.5) is 17.1 Å². The number of aryl methyl sites for hydroxylation is 1. The molecule has 0 saturated carbocycles. The topological polar surface area (TPSA) is 188 Å². The molecule has 1 aromatic carbocycles. The number of hydrogen-bond donors (Lipinski definition) is 5. The maximum Gasteiger partial charge on any atom is 0.272 e. The largest absolute Gasteiger partial charge is 0.345 e. The molecule has 1 aromatic heterocycles. The van der Waals surface area contributed by atoms with Gasteiger partial charge in [-0.25, -0.2) is 0 Å². The van der Waals surface area contributed by atoms with Crippen LogP contribution in [0.1, 0.15) is 96.5 Å². The number of amides is 7. The van der Waals surface area contributed by atoms with E-state index in [2.05, 4.69) is 40.4 Å². The molecule has 7 amide bonds. The summed E-state index contributed by atoms with van der Waals surface area (Å²) in [7, 11) is 1.72. The zero-order chi connectivity index (χ0) is 38.6. The van der Waals surface area contributed by atoms with E-state index >= 15 is 0 Å². The summed E-state index contributed by atoms with van der Waals surface area (Å²) in [5, 5.41) is 13.6. The van der Waals surface area contributed by atoms with Crippen LogP contribution in [0.25, 0.3) is 0 Å². The Morgan fingerprint density at radius 2 is 1.46 bits per heavy atom. The highest BCUT2D eigenvalue weighted by molar-refractivity contribution is 6.05. The summed E-state index contributed by atoms with van der Waals surface area (Å²) >= 11 is 0. The SMILES string of the molecule is C/C=C\C(=O)N(C=O)CCCCCC(=O)NC(C(=O)NCC(=O)Nc1ccc(NC(=O)c2cc(NC(=O)CCCC(C)CC)cn2C)cc1)C(C)C. The lowest BCUT2D eigenvalue weighted by molar-refractivity contribution is -0.134. The van der Waals surface area contributed by atoms with Crippen molar-refractivity contribution in [3.63, 3.8) is 0 Å². The highest BCUT2D eigenvalue weighted by Crippen LogP contribution is 2.18. The first-order chi connectivity index (χ1) is 24.8. The Balaban J connectivity index is 1.78. The Morgan fingerprint density at radius 1 is 0.827 bits per heavy atom. The summed E-state index contributed by atoms with van der Waals surface area (Å²) in [6.07, 6.45) is 10.2. The van der Waals surface area contributed by atoms with Crippen LogP contribution in [0, 0.1) is 11.8 Å². The smallest absolute Gasteiger partial charge is 0.272 e. The van der Waals surface area contributed by atoms with Gasteiger partial charge in [0.05, 0.1) is 12.2 Å². The lowest BCUT2D eigenvalue weighted by Gasteiger charge is -2.21. The molecule has 0 spiro atoms. The number of nitrogens with one attached hydrogen (secondary N) is 5. The van der Waals surface area contributed by atoms with Crippen LogP contribution in [0.15, 0.2) is 48.7 Å². The molecular formula is C38H55N7O7. The summed E-state index contributed by atoms with van der Waals surface area (Å²) in [5.74, 6) is -1.80. The van der Waals surface area contributed by atoms with Gasteiger partial charge >= 0.3 is 0 Å². The number of benzene rings is 1. The fourth-order valence-corrected chi connectivity index (χ4v) is 5.19. The summed E-state index contributed by atoms with van der Waals surface area (Å²) in [6, 6.07) is 7.24. The van der Waals surface area contributed by atoms with Gasteiger partial charge in [-0.05, 0) is 74.4 Å². The molecular weight excluding hydrogens is 666 g/mol. The van der Waals surface area contributed by atoms with Crippen LogP contribution in [-0.2, 0) is 35.8 Å². The maximum absolute atomic E-state index is 12.9. The van der Waals surface area contributed by atoms with Gasteiger partial charge < -0.3 is 31.2 Å². The molecule has 2 unspecified atom stereocenters. The van der Waals surface area contributed by atoms with Crippen LogP contribution in [0.5, 0.6) is 0 Å². The molecule has 0 aliphatic heterocycles. The standard InChI is InChI=1S/C38H55N7O7/c1-7-13-35(50)45(25-46)21-11-9-10-15-33(48)43-36(26(3)4)38(52)39-23-34(49)40-28-17-19-29(20-18-28)42-37(51)31-22-30(24-44(31)6)41-32(47)16-12-14-27(5)8-2/h7,13,17-20,22,24-27,36H,8-12,14-16,21,23H2,1-6H3,(H,39,52)(H,40,49)(H,41,47)(H,42,51)(H,43,48)/b13-7-. The van der Waals surface area contributed by atoms with Crippen LogP contribution < -0.4 is 26.6 Å². The fourth-order valence-electron chi connectivity index (χ4n) is 5.19. The van der Waals surface area contributed by atoms with Gasteiger partial charge in [0.2, 0.25) is 30.0 Å². The van der Waals surface area contributed by atoms with Crippen molar-refractivity contribution in [1.29, 1.82) is 0 Å². The molecule has 284 valence electrons. The van der Waals surface area contributed by atoms with Crippen molar-refractivity contribution in [3.05, 3.63) is 54.4 Å². The van der Waals surface area contributed by atoms with E-state index in [0.29, 0.717) is 60.8 Å². The van der Waals surface area contributed by atoms with Gasteiger partial charge in [0.1, 0.15) is 11.7 Å². The van der Waals surface area contributed by atoms with Gasteiger partial charge in [-0.1, -0.05) is 53.0 Å². The first-order valence-corrected chi connectivity index (χ1v) is 17.9. The Morgan fingerprint density at radius 3 is 2.08 bits per heavy atom. The van der Waals surface area contributed by atoms with Gasteiger partial charge in [0.25, 0.3) is 11.8 Å². The van der Waals surface area contributed by atoms with Crippen LogP contribution in [0.3, 0.4) is 0 Å². The zero-order valence-electron chi connectivity index (χ0n) is 31.3. The third kappa shape index (κ3) is 15.3. The second-order valence-electron chi connectivity index (χ2n) is 13.2. The summed E-state index contributed by atoms with van der Waals surface area (Å²) < 4.78 is 1.63. The van der Waals surface area contributed by atoms with Crippen molar-refractivity contribution >= 4 is 58.9 Å². The molecule has 2 aromatic rings. The van der Waals surface area contributed by atoms with E-state index in [1.165, 1.54) is 6.08 Å². The Hall–Kier alpha value is -5.27. The molecule has 52 heavy (non-hydrogen) atoms. The number of anilines is 3. The fraction of sp³-hybridized carbons (Fsp3) is 0.500. The van der Waals surface area contributed by atoms with Crippen molar-refractivity contribution in [2.24, 2.45) is 18.9 Å². The number of aromatic nitrogens is 1. The molecule has 14 heteroatoms. The quantitative estimate of drug-likeness (QED) is 0.0659. The van der Waals surface area contributed by atoms with E-state index < -0.39 is 17.9 Å². The molecule has 0 radical (unpaired) electrons. The first kappa shape index (κ1) is 42.9. The Bertz CT molecular complexity index is 1550. The third-order valence-electron chi connectivity index (χ3n) is 8.46. The molecule has 2 atom stereocenters. The van der Waals surface area contributed by atoms with Crippen molar-refractivity contribution in [3.8, 4) is 0 Å². The van der Waals surface area contributed by atoms with E-state index in [-0.39, 0.29) is 49.1 Å². The Labute approximate surface area is 306 Å². The van der Waals surface area contributed by atoms with Gasteiger partial charge in [0, 0.05) is 44.0 Å². The second-order valence-corrected chi connectivity index (χ2v) is 13.2. The molecule has 0 aliphatic carbocycles. The van der Waals surface area contributed by atoms with Gasteiger partial charge in [-0.2, -0.15) is 0 Å². The Kier molecular flexibility index (Phi) is 18.6.